The van der Waals surface area contributed by atoms with Crippen molar-refractivity contribution < 1.29 is 19.1 Å². The number of fused-ring (bicyclic) bond motifs is 1. The van der Waals surface area contributed by atoms with Crippen molar-refractivity contribution in [3.8, 4) is 0 Å². The van der Waals surface area contributed by atoms with Crippen LogP contribution in [0.1, 0.15) is 59.3 Å². The summed E-state index contributed by atoms with van der Waals surface area (Å²) in [4.78, 5) is 41.1. The summed E-state index contributed by atoms with van der Waals surface area (Å²) < 4.78 is 11.2. The highest BCUT2D eigenvalue weighted by Gasteiger charge is 2.27. The third kappa shape index (κ3) is 4.03. The van der Waals surface area contributed by atoms with Gasteiger partial charge in [0.2, 0.25) is 0 Å². The van der Waals surface area contributed by atoms with Crippen LogP contribution >= 0.6 is 0 Å². The minimum Gasteiger partial charge on any atom is -0.465 e. The Balaban J connectivity index is 1.98. The Morgan fingerprint density at radius 2 is 2.03 bits per heavy atom. The number of anilines is 1. The third-order valence-electron chi connectivity index (χ3n) is 4.63. The Labute approximate surface area is 167 Å². The molecule has 0 amide bonds. The highest BCUT2D eigenvalue weighted by Crippen LogP contribution is 2.23. The van der Waals surface area contributed by atoms with Gasteiger partial charge in [-0.1, -0.05) is 12.1 Å². The van der Waals surface area contributed by atoms with Gasteiger partial charge < -0.3 is 9.47 Å². The van der Waals surface area contributed by atoms with E-state index >= 15 is 0 Å². The summed E-state index contributed by atoms with van der Waals surface area (Å²) in [5.74, 6) is -0.800. The van der Waals surface area contributed by atoms with E-state index in [1.54, 1.807) is 31.2 Å². The van der Waals surface area contributed by atoms with Crippen LogP contribution in [0.2, 0.25) is 0 Å². The lowest BCUT2D eigenvalue weighted by atomic mass is 10.0. The molecule has 1 aromatic heterocycles. The number of benzene rings is 1. The first-order chi connectivity index (χ1) is 14.0. The molecule has 0 fully saturated rings. The predicted molar refractivity (Wildman–Crippen MR) is 106 cm³/mol. The van der Waals surface area contributed by atoms with Crippen LogP contribution in [-0.2, 0) is 9.47 Å². The molecule has 1 aromatic carbocycles. The van der Waals surface area contributed by atoms with Crippen LogP contribution < -0.4 is 11.0 Å². The zero-order valence-electron chi connectivity index (χ0n) is 16.5. The van der Waals surface area contributed by atoms with E-state index in [0.717, 1.165) is 0 Å². The van der Waals surface area contributed by atoms with Crippen molar-refractivity contribution in [3.63, 3.8) is 0 Å². The highest BCUT2D eigenvalue weighted by atomic mass is 16.5. The molecule has 0 aliphatic carbocycles. The van der Waals surface area contributed by atoms with Crippen molar-refractivity contribution in [2.45, 2.75) is 32.7 Å². The molecule has 2 heterocycles. The zero-order chi connectivity index (χ0) is 21.0. The van der Waals surface area contributed by atoms with Crippen LogP contribution in [0.5, 0.6) is 0 Å². The van der Waals surface area contributed by atoms with Gasteiger partial charge in [0.25, 0.3) is 5.56 Å². The monoisotopic (exact) mass is 398 g/mol. The summed E-state index contributed by atoms with van der Waals surface area (Å²) in [6.07, 6.45) is 2.46. The van der Waals surface area contributed by atoms with Gasteiger partial charge in [0.1, 0.15) is 11.3 Å². The molecular weight excluding hydrogens is 376 g/mol. The van der Waals surface area contributed by atoms with E-state index in [2.05, 4.69) is 15.5 Å². The second kappa shape index (κ2) is 8.68. The van der Waals surface area contributed by atoms with Crippen molar-refractivity contribution >= 4 is 23.3 Å². The quantitative estimate of drug-likeness (QED) is 0.608. The van der Waals surface area contributed by atoms with Crippen molar-refractivity contribution in [2.75, 3.05) is 19.1 Å². The summed E-state index contributed by atoms with van der Waals surface area (Å²) in [5, 5.41) is 4.38. The largest absolute Gasteiger partial charge is 0.465 e. The number of nitrogens with zero attached hydrogens (tertiary/aromatic N) is 3. The fraction of sp³-hybridized carbons (Fsp3) is 0.350. The van der Waals surface area contributed by atoms with Gasteiger partial charge in [-0.25, -0.2) is 14.6 Å². The normalized spacial score (nSPS) is 16.8. The molecule has 9 nitrogen and oxygen atoms in total. The zero-order valence-corrected chi connectivity index (χ0v) is 16.5. The summed E-state index contributed by atoms with van der Waals surface area (Å²) in [7, 11) is 1.31. The second-order valence-electron chi connectivity index (χ2n) is 6.49. The smallest absolute Gasteiger partial charge is 0.345 e. The highest BCUT2D eigenvalue weighted by molar-refractivity contribution is 6.00. The van der Waals surface area contributed by atoms with E-state index in [4.69, 9.17) is 9.47 Å². The van der Waals surface area contributed by atoms with Gasteiger partial charge in [0.05, 0.1) is 25.0 Å². The fourth-order valence-corrected chi connectivity index (χ4v) is 3.13. The van der Waals surface area contributed by atoms with Crippen LogP contribution in [0.4, 0.5) is 5.69 Å². The molecule has 2 aromatic rings. The summed E-state index contributed by atoms with van der Waals surface area (Å²) >= 11 is 0. The first-order valence-electron chi connectivity index (χ1n) is 9.26. The van der Waals surface area contributed by atoms with Gasteiger partial charge in [0, 0.05) is 12.2 Å². The Morgan fingerprint density at radius 1 is 1.28 bits per heavy atom. The lowest BCUT2D eigenvalue weighted by Gasteiger charge is -2.25. The van der Waals surface area contributed by atoms with Gasteiger partial charge in [-0.15, -0.1) is 0 Å². The van der Waals surface area contributed by atoms with E-state index < -0.39 is 17.5 Å². The molecule has 1 aliphatic rings. The van der Waals surface area contributed by atoms with Crippen molar-refractivity contribution in [2.24, 2.45) is 5.10 Å². The molecule has 1 unspecified atom stereocenters. The minimum atomic E-state index is -0.693. The number of ether oxygens (including phenoxy) is 2. The molecule has 0 saturated heterocycles. The van der Waals surface area contributed by atoms with Crippen LogP contribution in [0.15, 0.2) is 40.4 Å². The Hall–Kier alpha value is -3.49. The number of nitrogens with one attached hydrogen (secondary N) is 1. The number of aromatic nitrogens is 2. The summed E-state index contributed by atoms with van der Waals surface area (Å²) in [6.45, 7) is 3.73. The summed E-state index contributed by atoms with van der Waals surface area (Å²) in [6, 6.07) is 6.67. The number of hydrazone groups is 1. The first kappa shape index (κ1) is 20.2. The lowest BCUT2D eigenvalue weighted by molar-refractivity contribution is 0.0521. The molecule has 0 bridgehead atoms. The average Bonchev–Trinajstić information content (AvgIpc) is 2.73. The van der Waals surface area contributed by atoms with E-state index in [1.165, 1.54) is 17.9 Å². The molecule has 1 atom stereocenters. The molecule has 1 N–H and O–H groups in total. The molecule has 3 rings (SSSR count). The van der Waals surface area contributed by atoms with E-state index in [0.29, 0.717) is 35.6 Å². The lowest BCUT2D eigenvalue weighted by Crippen LogP contribution is -2.37. The molecule has 0 saturated carbocycles. The van der Waals surface area contributed by atoms with Crippen molar-refractivity contribution in [1.29, 1.82) is 0 Å². The van der Waals surface area contributed by atoms with Gasteiger partial charge in [-0.2, -0.15) is 5.10 Å². The maximum atomic E-state index is 12.8. The number of methoxy groups -OCH3 is 1. The first-order valence-corrected chi connectivity index (χ1v) is 9.26. The molecule has 9 heteroatoms. The van der Waals surface area contributed by atoms with E-state index in [9.17, 15) is 14.4 Å². The van der Waals surface area contributed by atoms with E-state index in [-0.39, 0.29) is 18.2 Å². The average molecular weight is 398 g/mol. The third-order valence-corrected chi connectivity index (χ3v) is 4.63. The second-order valence-corrected chi connectivity index (χ2v) is 6.49. The van der Waals surface area contributed by atoms with Gasteiger partial charge in [0.15, 0.2) is 5.82 Å². The number of carbonyl (C=O) groups is 2. The number of hydrogen-bond acceptors (Lipinski definition) is 8. The number of hydrogen-bond donors (Lipinski definition) is 1. The molecule has 0 radical (unpaired) electrons. The Morgan fingerprint density at radius 3 is 2.76 bits per heavy atom. The maximum Gasteiger partial charge on any atom is 0.345 e. The molecular formula is C20H22N4O5. The Kier molecular flexibility index (Phi) is 6.06. The predicted octanol–water partition coefficient (Wildman–Crippen LogP) is 2.38. The van der Waals surface area contributed by atoms with Crippen LogP contribution in [0.3, 0.4) is 0 Å². The van der Waals surface area contributed by atoms with Crippen LogP contribution in [0.25, 0.3) is 0 Å². The number of carbonyl (C=O) groups excluding carboxylic acids is 2. The molecule has 152 valence electrons. The number of esters is 2. The molecule has 29 heavy (non-hydrogen) atoms. The number of rotatable bonds is 5. The van der Waals surface area contributed by atoms with Crippen molar-refractivity contribution in [1.82, 2.24) is 9.55 Å². The number of para-hydroxylation sites is 1. The van der Waals surface area contributed by atoms with Crippen molar-refractivity contribution in [3.05, 3.63) is 57.8 Å². The van der Waals surface area contributed by atoms with Gasteiger partial charge in [-0.05, 0) is 38.8 Å². The summed E-state index contributed by atoms with van der Waals surface area (Å²) in [5.41, 5.74) is 3.68. The fourth-order valence-electron chi connectivity index (χ4n) is 3.13. The maximum absolute atomic E-state index is 12.8. The standard InChI is InChI=1S/C20H22N4O5/c1-4-29-20(27)14-11-21-17-16(10-9-12(2)24(17)18(14)25)23-22-15-8-6-5-7-13(15)19(26)28-3/h5-8,11-12,22H,4,9-10H2,1-3H3/b23-16+. The van der Waals surface area contributed by atoms with Crippen LogP contribution in [-0.4, -0.2) is 40.9 Å². The topological polar surface area (TPSA) is 112 Å². The van der Waals surface area contributed by atoms with Gasteiger partial charge in [-0.3, -0.25) is 14.8 Å². The minimum absolute atomic E-state index is 0.104. The van der Waals surface area contributed by atoms with Crippen LogP contribution in [0, 0.1) is 0 Å². The molecule has 0 spiro atoms. The Bertz CT molecular complexity index is 1030. The van der Waals surface area contributed by atoms with E-state index in [1.807, 2.05) is 6.92 Å². The SMILES string of the molecule is CCOC(=O)c1cnc2n(c1=O)C(C)CC/C2=N\Nc1ccccc1C(=O)OC. The molecule has 1 aliphatic heterocycles. The van der Waals surface area contributed by atoms with Gasteiger partial charge >= 0.3 is 11.9 Å².